The first-order chi connectivity index (χ1) is 8.31. The summed E-state index contributed by atoms with van der Waals surface area (Å²) in [4.78, 5) is 8.13. The highest BCUT2D eigenvalue weighted by Gasteiger charge is 2.02. The molecule has 88 valence electrons. The summed E-state index contributed by atoms with van der Waals surface area (Å²) in [6.45, 7) is 0. The van der Waals surface area contributed by atoms with E-state index < -0.39 is 0 Å². The second kappa shape index (κ2) is 5.10. The highest BCUT2D eigenvalue weighted by Crippen LogP contribution is 2.17. The van der Waals surface area contributed by atoms with E-state index in [1.54, 1.807) is 6.07 Å². The molecular formula is C10H13N7. The minimum Gasteiger partial charge on any atom is -0.340 e. The van der Waals surface area contributed by atoms with Crippen molar-refractivity contribution >= 4 is 23.3 Å². The molecule has 7 nitrogen and oxygen atoms in total. The zero-order valence-corrected chi connectivity index (χ0v) is 9.01. The molecule has 0 atom stereocenters. The maximum Gasteiger partial charge on any atom is 0.241 e. The van der Waals surface area contributed by atoms with Gasteiger partial charge in [-0.15, -0.1) is 0 Å². The summed E-state index contributed by atoms with van der Waals surface area (Å²) in [5.41, 5.74) is 5.73. The molecule has 0 fully saturated rings. The molecule has 2 aromatic rings. The highest BCUT2D eigenvalue weighted by atomic mass is 15.3. The van der Waals surface area contributed by atoms with Crippen LogP contribution in [0.15, 0.2) is 36.4 Å². The standard InChI is InChI=1S/C10H13N7/c11-16-9-6-8(14-10(15-9)17-12)13-7-4-2-1-3-5-7/h1-6H,11-12H2,(H3,13,14,15,16,17). The third-order valence-electron chi connectivity index (χ3n) is 2.05. The van der Waals surface area contributed by atoms with Crippen LogP contribution in [0.3, 0.4) is 0 Å². The molecule has 1 aromatic heterocycles. The number of nitrogen functional groups attached to an aromatic ring is 2. The third-order valence-corrected chi connectivity index (χ3v) is 2.05. The molecule has 0 radical (unpaired) electrons. The zero-order chi connectivity index (χ0) is 12.1. The smallest absolute Gasteiger partial charge is 0.241 e. The predicted molar refractivity (Wildman–Crippen MR) is 67.4 cm³/mol. The van der Waals surface area contributed by atoms with Crippen LogP contribution in [0.1, 0.15) is 0 Å². The van der Waals surface area contributed by atoms with E-state index in [1.807, 2.05) is 30.3 Å². The number of hydrogen-bond acceptors (Lipinski definition) is 7. The first-order valence-corrected chi connectivity index (χ1v) is 4.96. The maximum atomic E-state index is 5.30. The molecule has 0 saturated heterocycles. The lowest BCUT2D eigenvalue weighted by atomic mass is 10.3. The fourth-order valence-electron chi connectivity index (χ4n) is 1.32. The number of nitrogens with two attached hydrogens (primary N) is 2. The molecule has 17 heavy (non-hydrogen) atoms. The van der Waals surface area contributed by atoms with Gasteiger partial charge in [-0.1, -0.05) is 18.2 Å². The zero-order valence-electron chi connectivity index (χ0n) is 9.01. The molecular weight excluding hydrogens is 218 g/mol. The lowest BCUT2D eigenvalue weighted by molar-refractivity contribution is 1.10. The van der Waals surface area contributed by atoms with Crippen LogP contribution in [0, 0.1) is 0 Å². The van der Waals surface area contributed by atoms with Crippen LogP contribution in [0.4, 0.5) is 23.3 Å². The molecule has 0 amide bonds. The molecule has 0 bridgehead atoms. The van der Waals surface area contributed by atoms with E-state index >= 15 is 0 Å². The van der Waals surface area contributed by atoms with Crippen molar-refractivity contribution < 1.29 is 0 Å². The Bertz CT molecular complexity index is 463. The second-order valence-electron chi connectivity index (χ2n) is 3.24. The first-order valence-electron chi connectivity index (χ1n) is 4.96. The van der Waals surface area contributed by atoms with Gasteiger partial charge in [-0.3, -0.25) is 5.43 Å². The Kier molecular flexibility index (Phi) is 3.34. The average molecular weight is 231 g/mol. The molecule has 2 rings (SSSR count). The van der Waals surface area contributed by atoms with Crippen molar-refractivity contribution in [3.05, 3.63) is 36.4 Å². The second-order valence-corrected chi connectivity index (χ2v) is 3.24. The van der Waals surface area contributed by atoms with Crippen molar-refractivity contribution in [2.45, 2.75) is 0 Å². The minimum absolute atomic E-state index is 0.277. The average Bonchev–Trinajstić information content (AvgIpc) is 2.39. The maximum absolute atomic E-state index is 5.30. The molecule has 7 heteroatoms. The lowest BCUT2D eigenvalue weighted by Crippen LogP contribution is -2.15. The summed E-state index contributed by atoms with van der Waals surface area (Å²) in [5.74, 6) is 11.9. The van der Waals surface area contributed by atoms with Gasteiger partial charge in [0.1, 0.15) is 11.6 Å². The normalized spacial score (nSPS) is 9.76. The van der Waals surface area contributed by atoms with Crippen molar-refractivity contribution in [2.75, 3.05) is 16.2 Å². The summed E-state index contributed by atoms with van der Waals surface area (Å²) in [5, 5.41) is 3.11. The van der Waals surface area contributed by atoms with Gasteiger partial charge in [0.15, 0.2) is 0 Å². The number of rotatable bonds is 4. The van der Waals surface area contributed by atoms with Crippen molar-refractivity contribution in [1.29, 1.82) is 0 Å². The van der Waals surface area contributed by atoms with Crippen molar-refractivity contribution in [3.63, 3.8) is 0 Å². The Hall–Kier alpha value is -2.38. The number of hydrazine groups is 2. The Labute approximate surface area is 98.2 Å². The Balaban J connectivity index is 2.26. The third kappa shape index (κ3) is 2.80. The minimum atomic E-state index is 0.277. The highest BCUT2D eigenvalue weighted by molar-refractivity contribution is 5.60. The largest absolute Gasteiger partial charge is 0.340 e. The van der Waals surface area contributed by atoms with Gasteiger partial charge in [0.25, 0.3) is 0 Å². The van der Waals surface area contributed by atoms with Gasteiger partial charge in [-0.2, -0.15) is 9.97 Å². The first kappa shape index (κ1) is 11.1. The van der Waals surface area contributed by atoms with Gasteiger partial charge in [-0.05, 0) is 12.1 Å². The Morgan fingerprint density at radius 1 is 0.882 bits per heavy atom. The lowest BCUT2D eigenvalue weighted by Gasteiger charge is -2.08. The fraction of sp³-hybridized carbons (Fsp3) is 0. The van der Waals surface area contributed by atoms with Crippen LogP contribution in [0.2, 0.25) is 0 Å². The number of para-hydroxylation sites is 1. The van der Waals surface area contributed by atoms with E-state index in [2.05, 4.69) is 26.1 Å². The van der Waals surface area contributed by atoms with Crippen molar-refractivity contribution in [2.24, 2.45) is 11.7 Å². The van der Waals surface area contributed by atoms with Crippen LogP contribution in [-0.2, 0) is 0 Å². The molecule has 0 spiro atoms. The summed E-state index contributed by atoms with van der Waals surface area (Å²) in [6, 6.07) is 11.3. The van der Waals surface area contributed by atoms with Crippen LogP contribution >= 0.6 is 0 Å². The quantitative estimate of drug-likeness (QED) is 0.390. The van der Waals surface area contributed by atoms with E-state index in [-0.39, 0.29) is 5.95 Å². The van der Waals surface area contributed by atoms with Gasteiger partial charge in [0.2, 0.25) is 5.95 Å². The van der Waals surface area contributed by atoms with Gasteiger partial charge < -0.3 is 10.7 Å². The number of nitrogens with zero attached hydrogens (tertiary/aromatic N) is 2. The summed E-state index contributed by atoms with van der Waals surface area (Å²) in [6.07, 6.45) is 0. The van der Waals surface area contributed by atoms with E-state index in [4.69, 9.17) is 11.7 Å². The summed E-state index contributed by atoms with van der Waals surface area (Å²) in [7, 11) is 0. The number of hydrogen-bond donors (Lipinski definition) is 5. The van der Waals surface area contributed by atoms with Gasteiger partial charge >= 0.3 is 0 Å². The summed E-state index contributed by atoms with van der Waals surface area (Å²) >= 11 is 0. The molecule has 1 heterocycles. The topological polar surface area (TPSA) is 114 Å². The number of nitrogens with one attached hydrogen (secondary N) is 3. The molecule has 1 aromatic carbocycles. The predicted octanol–water partition coefficient (Wildman–Crippen LogP) is 0.791. The molecule has 0 aliphatic rings. The van der Waals surface area contributed by atoms with Gasteiger partial charge in [0, 0.05) is 11.8 Å². The van der Waals surface area contributed by atoms with Crippen molar-refractivity contribution in [3.8, 4) is 0 Å². The molecule has 0 aliphatic heterocycles. The van der Waals surface area contributed by atoms with Crippen LogP contribution in [0.5, 0.6) is 0 Å². The number of aromatic nitrogens is 2. The van der Waals surface area contributed by atoms with E-state index in [0.717, 1.165) is 5.69 Å². The SMILES string of the molecule is NNc1cc(Nc2ccccc2)nc(NN)n1. The number of anilines is 4. The number of benzene rings is 1. The van der Waals surface area contributed by atoms with Gasteiger partial charge in [-0.25, -0.2) is 11.7 Å². The molecule has 0 saturated carbocycles. The van der Waals surface area contributed by atoms with E-state index in [0.29, 0.717) is 11.6 Å². The molecule has 0 unspecified atom stereocenters. The summed E-state index contributed by atoms with van der Waals surface area (Å²) < 4.78 is 0. The van der Waals surface area contributed by atoms with Crippen LogP contribution in [0.25, 0.3) is 0 Å². The molecule has 7 N–H and O–H groups in total. The van der Waals surface area contributed by atoms with Crippen LogP contribution < -0.4 is 27.9 Å². The Morgan fingerprint density at radius 3 is 2.24 bits per heavy atom. The van der Waals surface area contributed by atoms with Crippen LogP contribution in [-0.4, -0.2) is 9.97 Å². The van der Waals surface area contributed by atoms with E-state index in [9.17, 15) is 0 Å². The molecule has 0 aliphatic carbocycles. The monoisotopic (exact) mass is 231 g/mol. The van der Waals surface area contributed by atoms with Gasteiger partial charge in [0.05, 0.1) is 0 Å². The Morgan fingerprint density at radius 2 is 1.59 bits per heavy atom. The van der Waals surface area contributed by atoms with E-state index in [1.165, 1.54) is 0 Å². The van der Waals surface area contributed by atoms with Crippen molar-refractivity contribution in [1.82, 2.24) is 9.97 Å². The fourth-order valence-corrected chi connectivity index (χ4v) is 1.32.